The van der Waals surface area contributed by atoms with E-state index in [1.807, 2.05) is 6.07 Å². The molecule has 7 heteroatoms. The quantitative estimate of drug-likeness (QED) is 0.673. The number of esters is 1. The number of nitrogens with one attached hydrogen (secondary N) is 1. The highest BCUT2D eigenvalue weighted by atomic mass is 32.1. The van der Waals surface area contributed by atoms with Gasteiger partial charge in [-0.15, -0.1) is 11.3 Å². The Kier molecular flexibility index (Phi) is 4.93. The van der Waals surface area contributed by atoms with E-state index in [4.69, 9.17) is 4.74 Å². The highest BCUT2D eigenvalue weighted by molar-refractivity contribution is 7.14. The summed E-state index contributed by atoms with van der Waals surface area (Å²) in [6, 6.07) is 5.78. The van der Waals surface area contributed by atoms with Gasteiger partial charge in [-0.1, -0.05) is 19.1 Å². The van der Waals surface area contributed by atoms with Crippen LogP contribution in [0.3, 0.4) is 0 Å². The smallest absolute Gasteiger partial charge is 0.340 e. The third kappa shape index (κ3) is 3.42. The Bertz CT molecular complexity index is 1050. The molecule has 2 aromatic heterocycles. The summed E-state index contributed by atoms with van der Waals surface area (Å²) >= 11 is 1.35. The maximum absolute atomic E-state index is 12.7. The summed E-state index contributed by atoms with van der Waals surface area (Å²) in [7, 11) is 1.67. The van der Waals surface area contributed by atoms with E-state index in [9.17, 15) is 9.59 Å². The van der Waals surface area contributed by atoms with Crippen LogP contribution in [-0.4, -0.2) is 28.9 Å². The van der Waals surface area contributed by atoms with Gasteiger partial charge in [0.2, 0.25) is 5.91 Å². The molecule has 0 fully saturated rings. The first-order chi connectivity index (χ1) is 13.4. The van der Waals surface area contributed by atoms with Gasteiger partial charge in [-0.05, 0) is 36.8 Å². The predicted octanol–water partition coefficient (Wildman–Crippen LogP) is 4.09. The summed E-state index contributed by atoms with van der Waals surface area (Å²) < 4.78 is 5.51. The van der Waals surface area contributed by atoms with E-state index in [0.29, 0.717) is 22.3 Å². The lowest BCUT2D eigenvalue weighted by molar-refractivity contribution is -0.116. The maximum Gasteiger partial charge on any atom is 0.340 e. The van der Waals surface area contributed by atoms with Crippen LogP contribution in [0.25, 0.3) is 10.9 Å². The molecule has 0 saturated carbocycles. The zero-order valence-electron chi connectivity index (χ0n) is 16.2. The Morgan fingerprint density at radius 1 is 1.39 bits per heavy atom. The molecular formula is C21H23N3O3S. The molecule has 0 saturated heterocycles. The third-order valence-corrected chi connectivity index (χ3v) is 6.31. The van der Waals surface area contributed by atoms with E-state index in [1.54, 1.807) is 18.5 Å². The number of fused-ring (bicyclic) bond motifs is 3. The van der Waals surface area contributed by atoms with Crippen LogP contribution in [0.1, 0.15) is 47.6 Å². The Labute approximate surface area is 167 Å². The summed E-state index contributed by atoms with van der Waals surface area (Å²) in [6.45, 7) is 3.83. The van der Waals surface area contributed by atoms with E-state index in [-0.39, 0.29) is 18.5 Å². The fourth-order valence-electron chi connectivity index (χ4n) is 3.65. The summed E-state index contributed by atoms with van der Waals surface area (Å²) in [5.41, 5.74) is 4.62. The number of aryl methyl sites for hydroxylation is 1. The maximum atomic E-state index is 12.7. The zero-order valence-corrected chi connectivity index (χ0v) is 17.1. The number of hydrogen-bond donors (Lipinski definition) is 1. The Morgan fingerprint density at radius 3 is 3.00 bits per heavy atom. The predicted molar refractivity (Wildman–Crippen MR) is 110 cm³/mol. The Balaban J connectivity index is 1.53. The van der Waals surface area contributed by atoms with Crippen LogP contribution < -0.4 is 4.90 Å². The van der Waals surface area contributed by atoms with Crippen LogP contribution >= 0.6 is 11.3 Å². The van der Waals surface area contributed by atoms with Crippen LogP contribution in [0.4, 0.5) is 5.13 Å². The number of hydrogen-bond acceptors (Lipinski definition) is 5. The van der Waals surface area contributed by atoms with Crippen molar-refractivity contribution in [3.8, 4) is 0 Å². The molecule has 1 aromatic carbocycles. The molecule has 1 aliphatic rings. The summed E-state index contributed by atoms with van der Waals surface area (Å²) in [5, 5.41) is 3.51. The lowest BCUT2D eigenvalue weighted by Gasteiger charge is -2.17. The monoisotopic (exact) mass is 397 g/mol. The van der Waals surface area contributed by atoms with Crippen LogP contribution in [-0.2, 0) is 29.0 Å². The standard InChI is InChI=1S/C21H23N3O3S/c1-12-7-8-18-17(9-12)15-5-4-6-16(19(15)23-18)20(26)27-10-14-11-28-21(22-14)24(3)13(2)25/h4-6,11-12,23H,7-10H2,1-3H3. The molecule has 1 amide bonds. The summed E-state index contributed by atoms with van der Waals surface area (Å²) in [5.74, 6) is 0.204. The molecule has 1 aliphatic carbocycles. The van der Waals surface area contributed by atoms with Crippen LogP contribution in [0, 0.1) is 5.92 Å². The molecule has 0 aliphatic heterocycles. The van der Waals surface area contributed by atoms with Crippen molar-refractivity contribution in [2.24, 2.45) is 5.92 Å². The lowest BCUT2D eigenvalue weighted by Crippen LogP contribution is -2.22. The number of ether oxygens (including phenoxy) is 1. The second-order valence-electron chi connectivity index (χ2n) is 7.43. The van der Waals surface area contributed by atoms with Gasteiger partial charge in [0.1, 0.15) is 6.61 Å². The number of carbonyl (C=O) groups is 2. The second-order valence-corrected chi connectivity index (χ2v) is 8.27. The van der Waals surface area contributed by atoms with Gasteiger partial charge in [0, 0.05) is 30.4 Å². The van der Waals surface area contributed by atoms with Crippen LogP contribution in [0.2, 0.25) is 0 Å². The van der Waals surface area contributed by atoms with Crippen molar-refractivity contribution in [2.45, 2.75) is 39.7 Å². The molecule has 1 unspecified atom stereocenters. The van der Waals surface area contributed by atoms with E-state index >= 15 is 0 Å². The molecular weight excluding hydrogens is 374 g/mol. The van der Waals surface area contributed by atoms with Crippen molar-refractivity contribution < 1.29 is 14.3 Å². The van der Waals surface area contributed by atoms with Gasteiger partial charge in [0.15, 0.2) is 5.13 Å². The lowest BCUT2D eigenvalue weighted by atomic mass is 9.87. The van der Waals surface area contributed by atoms with Gasteiger partial charge in [-0.3, -0.25) is 9.69 Å². The number of benzene rings is 1. The van der Waals surface area contributed by atoms with Crippen LogP contribution in [0.5, 0.6) is 0 Å². The van der Waals surface area contributed by atoms with E-state index < -0.39 is 0 Å². The normalized spacial score (nSPS) is 16.0. The number of thiazole rings is 1. The second kappa shape index (κ2) is 7.39. The minimum absolute atomic E-state index is 0.0783. The van der Waals surface area contributed by atoms with Crippen molar-refractivity contribution in [3.05, 3.63) is 46.1 Å². The number of para-hydroxylation sites is 1. The van der Waals surface area contributed by atoms with Crippen molar-refractivity contribution in [1.82, 2.24) is 9.97 Å². The third-order valence-electron chi connectivity index (χ3n) is 5.34. The minimum Gasteiger partial charge on any atom is -0.455 e. The molecule has 1 atom stereocenters. The van der Waals surface area contributed by atoms with Gasteiger partial charge in [-0.25, -0.2) is 9.78 Å². The molecule has 146 valence electrons. The minimum atomic E-state index is -0.369. The summed E-state index contributed by atoms with van der Waals surface area (Å²) in [6.07, 6.45) is 3.23. The first kappa shape index (κ1) is 18.7. The SMILES string of the molecule is CC(=O)N(C)c1nc(COC(=O)c2cccc3c4c([nH]c23)CCC(C)C4)cs1. The zero-order chi connectivity index (χ0) is 19.8. The van der Waals surface area contributed by atoms with Gasteiger partial charge in [0.25, 0.3) is 0 Å². The average Bonchev–Trinajstić information content (AvgIpc) is 3.29. The van der Waals surface area contributed by atoms with Gasteiger partial charge in [0.05, 0.1) is 16.8 Å². The highest BCUT2D eigenvalue weighted by Crippen LogP contribution is 2.33. The number of H-pyrrole nitrogens is 1. The van der Waals surface area contributed by atoms with Gasteiger partial charge >= 0.3 is 5.97 Å². The van der Waals surface area contributed by atoms with Crippen molar-refractivity contribution >= 4 is 39.2 Å². The first-order valence-corrected chi connectivity index (χ1v) is 10.3. The highest BCUT2D eigenvalue weighted by Gasteiger charge is 2.23. The number of nitrogens with zero attached hydrogens (tertiary/aromatic N) is 2. The van der Waals surface area contributed by atoms with Crippen molar-refractivity contribution in [2.75, 3.05) is 11.9 Å². The van der Waals surface area contributed by atoms with E-state index in [2.05, 4.69) is 23.0 Å². The van der Waals surface area contributed by atoms with E-state index in [1.165, 1.54) is 40.8 Å². The fraction of sp³-hybridized carbons (Fsp3) is 0.381. The molecule has 1 N–H and O–H groups in total. The molecule has 0 bridgehead atoms. The number of amides is 1. The summed E-state index contributed by atoms with van der Waals surface area (Å²) in [4.78, 5) is 33.5. The fourth-order valence-corrected chi connectivity index (χ4v) is 4.47. The molecule has 0 spiro atoms. The molecule has 6 nitrogen and oxygen atoms in total. The number of aromatic amines is 1. The number of carbonyl (C=O) groups excluding carboxylic acids is 2. The molecule has 0 radical (unpaired) electrons. The molecule has 2 heterocycles. The molecule has 4 rings (SSSR count). The molecule has 28 heavy (non-hydrogen) atoms. The van der Waals surface area contributed by atoms with Crippen molar-refractivity contribution in [3.63, 3.8) is 0 Å². The number of aromatic nitrogens is 2. The van der Waals surface area contributed by atoms with Crippen LogP contribution in [0.15, 0.2) is 23.6 Å². The first-order valence-electron chi connectivity index (χ1n) is 9.42. The van der Waals surface area contributed by atoms with Crippen molar-refractivity contribution in [1.29, 1.82) is 0 Å². The Hall–Kier alpha value is -2.67. The number of rotatable bonds is 4. The Morgan fingerprint density at radius 2 is 2.21 bits per heavy atom. The molecule has 3 aromatic rings. The van der Waals surface area contributed by atoms with E-state index in [0.717, 1.165) is 23.7 Å². The largest absolute Gasteiger partial charge is 0.455 e. The van der Waals surface area contributed by atoms with Gasteiger partial charge < -0.3 is 9.72 Å². The number of anilines is 1. The average molecular weight is 398 g/mol. The topological polar surface area (TPSA) is 75.3 Å². The van der Waals surface area contributed by atoms with Gasteiger partial charge in [-0.2, -0.15) is 0 Å².